The minimum atomic E-state index is -0.451. The molecule has 5 N–H and O–H groups in total. The van der Waals surface area contributed by atoms with Crippen LogP contribution in [0, 0.1) is 0 Å². The van der Waals surface area contributed by atoms with Crippen molar-refractivity contribution < 1.29 is 9.53 Å². The summed E-state index contributed by atoms with van der Waals surface area (Å²) in [6.45, 7) is 1.97. The predicted octanol–water partition coefficient (Wildman–Crippen LogP) is 0.707. The van der Waals surface area contributed by atoms with Crippen LogP contribution in [0.1, 0.15) is 22.8 Å². The average molecular weight is 277 g/mol. The number of aryl methyl sites for hydroxylation is 1. The number of esters is 1. The Morgan fingerprint density at radius 3 is 2.65 bits per heavy atom. The topological polar surface area (TPSA) is 115 Å². The maximum Gasteiger partial charge on any atom is 0.339 e. The van der Waals surface area contributed by atoms with Gasteiger partial charge in [-0.3, -0.25) is 4.99 Å². The number of carbonyl (C=O) groups excluding carboxylic acids is 1. The number of benzene rings is 1. The van der Waals surface area contributed by atoms with Gasteiger partial charge in [0.2, 0.25) is 11.9 Å². The van der Waals surface area contributed by atoms with Crippen LogP contribution in [0.2, 0.25) is 0 Å². The lowest BCUT2D eigenvalue weighted by Gasteiger charge is -2.14. The fraction of sp³-hybridized carbons (Fsp3) is 0.308. The highest BCUT2D eigenvalue weighted by Gasteiger charge is 2.15. The van der Waals surface area contributed by atoms with Crippen LogP contribution in [0.3, 0.4) is 0 Å². The summed E-state index contributed by atoms with van der Waals surface area (Å²) in [4.78, 5) is 19.3. The molecule has 108 valence electrons. The van der Waals surface area contributed by atoms with Gasteiger partial charge in [0.25, 0.3) is 0 Å². The Morgan fingerprint density at radius 2 is 2.10 bits per heavy atom. The van der Waals surface area contributed by atoms with Gasteiger partial charge in [0, 0.05) is 7.05 Å². The second-order valence-electron chi connectivity index (χ2n) is 3.89. The van der Waals surface area contributed by atoms with Gasteiger partial charge in [-0.2, -0.15) is 4.99 Å². The molecule has 0 fully saturated rings. The SMILES string of the molecule is CCc1cccc(C(=O)OC)c1N/C(N)=N/C(N)=NC. The molecule has 20 heavy (non-hydrogen) atoms. The van der Waals surface area contributed by atoms with Crippen LogP contribution in [-0.4, -0.2) is 32.0 Å². The molecule has 0 radical (unpaired) electrons. The molecule has 7 heteroatoms. The molecule has 0 unspecified atom stereocenters. The zero-order valence-corrected chi connectivity index (χ0v) is 11.8. The summed E-state index contributed by atoms with van der Waals surface area (Å²) in [5.41, 5.74) is 13.1. The van der Waals surface area contributed by atoms with Crippen molar-refractivity contribution in [1.82, 2.24) is 0 Å². The van der Waals surface area contributed by atoms with Crippen molar-refractivity contribution in [2.75, 3.05) is 19.5 Å². The van der Waals surface area contributed by atoms with E-state index >= 15 is 0 Å². The maximum absolute atomic E-state index is 11.8. The smallest absolute Gasteiger partial charge is 0.339 e. The number of para-hydroxylation sites is 1. The fourth-order valence-electron chi connectivity index (χ4n) is 1.65. The molecule has 0 aliphatic carbocycles. The molecule has 0 atom stereocenters. The summed E-state index contributed by atoms with van der Waals surface area (Å²) in [6, 6.07) is 5.32. The summed E-state index contributed by atoms with van der Waals surface area (Å²) >= 11 is 0. The van der Waals surface area contributed by atoms with Crippen LogP contribution in [0.15, 0.2) is 28.2 Å². The Bertz CT molecular complexity index is 552. The van der Waals surface area contributed by atoms with Crippen molar-refractivity contribution in [3.63, 3.8) is 0 Å². The number of methoxy groups -OCH3 is 1. The average Bonchev–Trinajstić information content (AvgIpc) is 2.46. The first-order chi connectivity index (χ1) is 9.53. The van der Waals surface area contributed by atoms with E-state index in [1.54, 1.807) is 12.1 Å². The summed E-state index contributed by atoms with van der Waals surface area (Å²) in [5.74, 6) is -0.351. The van der Waals surface area contributed by atoms with Gasteiger partial charge in [0.15, 0.2) is 0 Å². The van der Waals surface area contributed by atoms with E-state index in [-0.39, 0.29) is 11.9 Å². The number of nitrogens with two attached hydrogens (primary N) is 2. The quantitative estimate of drug-likeness (QED) is 0.427. The standard InChI is InChI=1S/C13H19N5O2/c1-4-8-6-5-7-9(11(19)20-3)10(8)17-13(15)18-12(14)16-2/h5-7H,4H2,1-3H3,(H5,14,15,16,17,18). The molecule has 0 spiro atoms. The Morgan fingerprint density at radius 1 is 1.40 bits per heavy atom. The van der Waals surface area contributed by atoms with Crippen LogP contribution in [-0.2, 0) is 11.2 Å². The zero-order chi connectivity index (χ0) is 15.1. The summed E-state index contributed by atoms with van der Waals surface area (Å²) in [5, 5.41) is 2.88. The lowest BCUT2D eigenvalue weighted by molar-refractivity contribution is 0.0602. The first-order valence-electron chi connectivity index (χ1n) is 6.07. The summed E-state index contributed by atoms with van der Waals surface area (Å²) in [6.07, 6.45) is 0.720. The Kier molecular flexibility index (Phi) is 5.52. The van der Waals surface area contributed by atoms with Crippen molar-refractivity contribution in [2.24, 2.45) is 21.5 Å². The number of aliphatic imine (C=N–C) groups is 2. The van der Waals surface area contributed by atoms with E-state index in [0.29, 0.717) is 11.3 Å². The third-order valence-electron chi connectivity index (χ3n) is 2.65. The molecule has 0 heterocycles. The number of hydrogen-bond donors (Lipinski definition) is 3. The van der Waals surface area contributed by atoms with Gasteiger partial charge in [-0.1, -0.05) is 19.1 Å². The van der Waals surface area contributed by atoms with Crippen LogP contribution < -0.4 is 16.8 Å². The van der Waals surface area contributed by atoms with E-state index in [1.165, 1.54) is 14.2 Å². The van der Waals surface area contributed by atoms with Crippen LogP contribution in [0.5, 0.6) is 0 Å². The molecule has 1 rings (SSSR count). The third kappa shape index (κ3) is 3.71. The van der Waals surface area contributed by atoms with Gasteiger partial charge < -0.3 is 21.5 Å². The van der Waals surface area contributed by atoms with E-state index in [0.717, 1.165) is 12.0 Å². The maximum atomic E-state index is 11.8. The first kappa shape index (κ1) is 15.5. The number of nitrogens with zero attached hydrogens (tertiary/aromatic N) is 2. The lowest BCUT2D eigenvalue weighted by atomic mass is 10.0. The molecule has 0 saturated carbocycles. The summed E-state index contributed by atoms with van der Waals surface area (Å²) in [7, 11) is 2.83. The van der Waals surface area contributed by atoms with Crippen molar-refractivity contribution in [3.05, 3.63) is 29.3 Å². The normalized spacial score (nSPS) is 12.2. The van der Waals surface area contributed by atoms with Crippen LogP contribution >= 0.6 is 0 Å². The minimum Gasteiger partial charge on any atom is -0.465 e. The number of hydrogen-bond acceptors (Lipinski definition) is 3. The Labute approximate surface area is 117 Å². The van der Waals surface area contributed by atoms with Gasteiger partial charge in [0.1, 0.15) is 0 Å². The van der Waals surface area contributed by atoms with Gasteiger partial charge in [0.05, 0.1) is 18.4 Å². The molecular formula is C13H19N5O2. The highest BCUT2D eigenvalue weighted by molar-refractivity contribution is 6.05. The van der Waals surface area contributed by atoms with Crippen LogP contribution in [0.4, 0.5) is 5.69 Å². The van der Waals surface area contributed by atoms with Crippen molar-refractivity contribution in [3.8, 4) is 0 Å². The molecule has 0 saturated heterocycles. The molecular weight excluding hydrogens is 258 g/mol. The largest absolute Gasteiger partial charge is 0.465 e. The third-order valence-corrected chi connectivity index (χ3v) is 2.65. The van der Waals surface area contributed by atoms with E-state index in [4.69, 9.17) is 16.2 Å². The number of rotatable bonds is 3. The second-order valence-corrected chi connectivity index (χ2v) is 3.89. The molecule has 0 aliphatic rings. The molecule has 0 aromatic heterocycles. The predicted molar refractivity (Wildman–Crippen MR) is 80.0 cm³/mol. The molecule has 1 aromatic rings. The number of carbonyl (C=O) groups is 1. The molecule has 0 bridgehead atoms. The van der Waals surface area contributed by atoms with E-state index in [2.05, 4.69) is 15.3 Å². The second kappa shape index (κ2) is 7.13. The Hall–Kier alpha value is -2.57. The molecule has 0 aliphatic heterocycles. The van der Waals surface area contributed by atoms with Crippen LogP contribution in [0.25, 0.3) is 0 Å². The highest BCUT2D eigenvalue weighted by atomic mass is 16.5. The van der Waals surface area contributed by atoms with Crippen molar-refractivity contribution in [2.45, 2.75) is 13.3 Å². The molecule has 7 nitrogen and oxygen atoms in total. The number of anilines is 1. The molecule has 0 amide bonds. The van der Waals surface area contributed by atoms with Crippen molar-refractivity contribution >= 4 is 23.6 Å². The number of ether oxygens (including phenoxy) is 1. The van der Waals surface area contributed by atoms with E-state index in [9.17, 15) is 4.79 Å². The monoisotopic (exact) mass is 277 g/mol. The van der Waals surface area contributed by atoms with Gasteiger partial charge in [-0.15, -0.1) is 0 Å². The lowest BCUT2D eigenvalue weighted by Crippen LogP contribution is -2.27. The Balaban J connectivity index is 3.21. The minimum absolute atomic E-state index is 0.0450. The molecule has 1 aromatic carbocycles. The first-order valence-corrected chi connectivity index (χ1v) is 6.07. The van der Waals surface area contributed by atoms with Crippen molar-refractivity contribution in [1.29, 1.82) is 0 Å². The highest BCUT2D eigenvalue weighted by Crippen LogP contribution is 2.22. The summed E-state index contributed by atoms with van der Waals surface area (Å²) < 4.78 is 4.75. The fourth-order valence-corrected chi connectivity index (χ4v) is 1.65. The van der Waals surface area contributed by atoms with Gasteiger partial charge in [-0.25, -0.2) is 4.79 Å². The van der Waals surface area contributed by atoms with Gasteiger partial charge in [-0.05, 0) is 18.1 Å². The van der Waals surface area contributed by atoms with Gasteiger partial charge >= 0.3 is 5.97 Å². The zero-order valence-electron chi connectivity index (χ0n) is 11.8. The van der Waals surface area contributed by atoms with E-state index in [1.807, 2.05) is 13.0 Å². The number of nitrogens with one attached hydrogen (secondary N) is 1. The number of guanidine groups is 2. The van der Waals surface area contributed by atoms with E-state index < -0.39 is 5.97 Å².